The highest BCUT2D eigenvalue weighted by atomic mass is 32.2. The summed E-state index contributed by atoms with van der Waals surface area (Å²) in [5, 5.41) is 0.772. The molecule has 2 aromatic carbocycles. The fraction of sp³-hybridized carbons (Fsp3) is 0.211. The largest absolute Gasteiger partial charge is 0.493 e. The number of aromatic nitrogens is 1. The SMILES string of the molecule is COc1ccc(C(C)NS(=O)(=O)c2cccc3cccnc23)cc1OC. The van der Waals surface area contributed by atoms with Gasteiger partial charge in [0.25, 0.3) is 0 Å². The van der Waals surface area contributed by atoms with Crippen LogP contribution in [0.3, 0.4) is 0 Å². The highest BCUT2D eigenvalue weighted by Gasteiger charge is 2.22. The number of nitrogens with one attached hydrogen (secondary N) is 1. The van der Waals surface area contributed by atoms with E-state index in [1.807, 2.05) is 12.1 Å². The third-order valence-corrected chi connectivity index (χ3v) is 5.70. The van der Waals surface area contributed by atoms with Crippen molar-refractivity contribution in [2.45, 2.75) is 17.9 Å². The lowest BCUT2D eigenvalue weighted by molar-refractivity contribution is 0.354. The van der Waals surface area contributed by atoms with Crippen molar-refractivity contribution in [3.63, 3.8) is 0 Å². The van der Waals surface area contributed by atoms with E-state index in [9.17, 15) is 8.42 Å². The molecule has 0 aliphatic carbocycles. The zero-order valence-corrected chi connectivity index (χ0v) is 15.6. The first-order valence-electron chi connectivity index (χ1n) is 8.04. The predicted octanol–water partition coefficient (Wildman–Crippen LogP) is 3.29. The molecule has 1 heterocycles. The van der Waals surface area contributed by atoms with Gasteiger partial charge in [-0.15, -0.1) is 0 Å². The second kappa shape index (κ2) is 7.31. The average molecular weight is 372 g/mol. The Kier molecular flexibility index (Phi) is 5.11. The topological polar surface area (TPSA) is 77.5 Å². The number of methoxy groups -OCH3 is 2. The van der Waals surface area contributed by atoms with Crippen molar-refractivity contribution in [3.8, 4) is 11.5 Å². The molecule has 0 bridgehead atoms. The van der Waals surface area contributed by atoms with E-state index in [-0.39, 0.29) is 4.90 Å². The van der Waals surface area contributed by atoms with E-state index >= 15 is 0 Å². The van der Waals surface area contributed by atoms with Gasteiger partial charge in [0.05, 0.1) is 19.7 Å². The predicted molar refractivity (Wildman–Crippen MR) is 100 cm³/mol. The van der Waals surface area contributed by atoms with Gasteiger partial charge in [0.2, 0.25) is 10.0 Å². The van der Waals surface area contributed by atoms with Gasteiger partial charge < -0.3 is 9.47 Å². The average Bonchev–Trinajstić information content (AvgIpc) is 2.66. The molecule has 3 aromatic rings. The molecule has 0 saturated carbocycles. The van der Waals surface area contributed by atoms with Gasteiger partial charge in [-0.1, -0.05) is 24.3 Å². The normalized spacial score (nSPS) is 12.7. The molecule has 1 atom stereocenters. The molecular weight excluding hydrogens is 352 g/mol. The minimum absolute atomic E-state index is 0.155. The van der Waals surface area contributed by atoms with E-state index in [0.29, 0.717) is 17.0 Å². The van der Waals surface area contributed by atoms with E-state index in [2.05, 4.69) is 9.71 Å². The molecule has 1 unspecified atom stereocenters. The lowest BCUT2D eigenvalue weighted by atomic mass is 10.1. The molecule has 136 valence electrons. The maximum absolute atomic E-state index is 12.9. The minimum atomic E-state index is -3.75. The Labute approximate surface area is 152 Å². The van der Waals surface area contributed by atoms with Crippen LogP contribution < -0.4 is 14.2 Å². The number of benzene rings is 2. The van der Waals surface area contributed by atoms with E-state index in [0.717, 1.165) is 10.9 Å². The van der Waals surface area contributed by atoms with Crippen LogP contribution in [0.2, 0.25) is 0 Å². The van der Waals surface area contributed by atoms with Gasteiger partial charge in [0.15, 0.2) is 11.5 Å². The second-order valence-electron chi connectivity index (χ2n) is 5.79. The molecule has 6 nitrogen and oxygen atoms in total. The minimum Gasteiger partial charge on any atom is -0.493 e. The summed E-state index contributed by atoms with van der Waals surface area (Å²) in [6.45, 7) is 1.78. The van der Waals surface area contributed by atoms with E-state index < -0.39 is 16.1 Å². The zero-order valence-electron chi connectivity index (χ0n) is 14.8. The fourth-order valence-electron chi connectivity index (χ4n) is 2.78. The van der Waals surface area contributed by atoms with E-state index in [1.165, 1.54) is 7.11 Å². The summed E-state index contributed by atoms with van der Waals surface area (Å²) in [6.07, 6.45) is 1.58. The van der Waals surface area contributed by atoms with Crippen LogP contribution in [0.15, 0.2) is 59.6 Å². The van der Waals surface area contributed by atoms with Gasteiger partial charge in [-0.2, -0.15) is 0 Å². The number of nitrogens with zero attached hydrogens (tertiary/aromatic N) is 1. The maximum Gasteiger partial charge on any atom is 0.243 e. The van der Waals surface area contributed by atoms with Crippen molar-refractivity contribution in [1.29, 1.82) is 0 Å². The molecule has 0 aliphatic heterocycles. The van der Waals surface area contributed by atoms with Crippen LogP contribution in [0.5, 0.6) is 11.5 Å². The molecule has 0 spiro atoms. The number of pyridine rings is 1. The van der Waals surface area contributed by atoms with Crippen molar-refractivity contribution < 1.29 is 17.9 Å². The first-order chi connectivity index (χ1) is 12.5. The molecule has 7 heteroatoms. The van der Waals surface area contributed by atoms with Crippen molar-refractivity contribution in [2.75, 3.05) is 14.2 Å². The van der Waals surface area contributed by atoms with Gasteiger partial charge in [-0.05, 0) is 36.8 Å². The summed E-state index contributed by atoms with van der Waals surface area (Å²) < 4.78 is 39.0. The quantitative estimate of drug-likeness (QED) is 0.718. The summed E-state index contributed by atoms with van der Waals surface area (Å²) in [4.78, 5) is 4.38. The van der Waals surface area contributed by atoms with Crippen LogP contribution in [-0.2, 0) is 10.0 Å². The number of para-hydroxylation sites is 1. The Balaban J connectivity index is 1.94. The van der Waals surface area contributed by atoms with Gasteiger partial charge in [-0.3, -0.25) is 4.98 Å². The van der Waals surface area contributed by atoms with Gasteiger partial charge in [-0.25, -0.2) is 13.1 Å². The molecule has 3 rings (SSSR count). The molecule has 26 heavy (non-hydrogen) atoms. The van der Waals surface area contributed by atoms with Crippen molar-refractivity contribution in [2.24, 2.45) is 0 Å². The van der Waals surface area contributed by atoms with Crippen LogP contribution >= 0.6 is 0 Å². The van der Waals surface area contributed by atoms with Crippen LogP contribution in [0.1, 0.15) is 18.5 Å². The van der Waals surface area contributed by atoms with Crippen LogP contribution in [-0.4, -0.2) is 27.6 Å². The first-order valence-corrected chi connectivity index (χ1v) is 9.52. The molecule has 0 fully saturated rings. The Bertz CT molecular complexity index is 1030. The van der Waals surface area contributed by atoms with E-state index in [1.54, 1.807) is 56.6 Å². The van der Waals surface area contributed by atoms with Crippen molar-refractivity contribution >= 4 is 20.9 Å². The monoisotopic (exact) mass is 372 g/mol. The number of ether oxygens (including phenoxy) is 2. The highest BCUT2D eigenvalue weighted by molar-refractivity contribution is 7.89. The van der Waals surface area contributed by atoms with Crippen molar-refractivity contribution in [1.82, 2.24) is 9.71 Å². The summed E-state index contributed by atoms with van der Waals surface area (Å²) in [5.74, 6) is 1.13. The molecule has 1 N–H and O–H groups in total. The van der Waals surface area contributed by atoms with E-state index in [4.69, 9.17) is 9.47 Å². The number of rotatable bonds is 6. The highest BCUT2D eigenvalue weighted by Crippen LogP contribution is 2.30. The molecule has 1 aromatic heterocycles. The number of sulfonamides is 1. The molecule has 0 saturated heterocycles. The van der Waals surface area contributed by atoms with Crippen molar-refractivity contribution in [3.05, 3.63) is 60.3 Å². The van der Waals surface area contributed by atoms with Crippen LogP contribution in [0.25, 0.3) is 10.9 Å². The fourth-order valence-corrected chi connectivity index (χ4v) is 4.19. The summed E-state index contributed by atoms with van der Waals surface area (Å²) >= 11 is 0. The summed E-state index contributed by atoms with van der Waals surface area (Å²) in [5.41, 5.74) is 1.21. The first kappa shape index (κ1) is 18.2. The van der Waals surface area contributed by atoms with Crippen LogP contribution in [0.4, 0.5) is 0 Å². The van der Waals surface area contributed by atoms with Gasteiger partial charge in [0.1, 0.15) is 4.90 Å². The Morgan fingerprint density at radius 3 is 2.46 bits per heavy atom. The maximum atomic E-state index is 12.9. The zero-order chi connectivity index (χ0) is 18.7. The summed E-state index contributed by atoms with van der Waals surface area (Å²) in [6, 6.07) is 13.6. The Morgan fingerprint density at radius 2 is 1.73 bits per heavy atom. The van der Waals surface area contributed by atoms with Crippen LogP contribution in [0, 0.1) is 0 Å². The third-order valence-electron chi connectivity index (χ3n) is 4.12. The number of fused-ring (bicyclic) bond motifs is 1. The van der Waals surface area contributed by atoms with Gasteiger partial charge in [0, 0.05) is 17.6 Å². The Morgan fingerprint density at radius 1 is 1.00 bits per heavy atom. The lowest BCUT2D eigenvalue weighted by Crippen LogP contribution is -2.27. The summed E-state index contributed by atoms with van der Waals surface area (Å²) in [7, 11) is -0.661. The number of hydrogen-bond acceptors (Lipinski definition) is 5. The third kappa shape index (κ3) is 3.49. The number of hydrogen-bond donors (Lipinski definition) is 1. The molecule has 0 aliphatic rings. The Hall–Kier alpha value is -2.64. The van der Waals surface area contributed by atoms with Gasteiger partial charge >= 0.3 is 0 Å². The molecule has 0 radical (unpaired) electrons. The second-order valence-corrected chi connectivity index (χ2v) is 7.47. The standard InChI is InChI=1S/C19H20N2O4S/c1-13(15-9-10-16(24-2)17(12-15)25-3)21-26(22,23)18-8-4-6-14-7-5-11-20-19(14)18/h4-13,21H,1-3H3. The smallest absolute Gasteiger partial charge is 0.243 e. The lowest BCUT2D eigenvalue weighted by Gasteiger charge is -2.17. The molecule has 0 amide bonds. The molecular formula is C19H20N2O4S.